The fraction of sp³-hybridized carbons (Fsp3) is 0.333. The number of nitrogens with one attached hydrogen (secondary N) is 1. The van der Waals surface area contributed by atoms with E-state index in [2.05, 4.69) is 31.1 Å². The van der Waals surface area contributed by atoms with E-state index in [0.717, 1.165) is 29.1 Å². The molecule has 120 valence electrons. The molecule has 0 spiro atoms. The summed E-state index contributed by atoms with van der Waals surface area (Å²) in [4.78, 5) is 19.1. The van der Waals surface area contributed by atoms with Crippen molar-refractivity contribution in [1.82, 2.24) is 4.98 Å². The highest BCUT2D eigenvalue weighted by Gasteiger charge is 2.12. The SMILES string of the molecule is O=C(Nc1ccc(Br)cc1)c1ccc(N2CCCCCC2)nc1. The molecule has 0 unspecified atom stereocenters. The van der Waals surface area contributed by atoms with E-state index >= 15 is 0 Å². The molecule has 4 nitrogen and oxygen atoms in total. The van der Waals surface area contributed by atoms with Crippen LogP contribution >= 0.6 is 15.9 Å². The smallest absolute Gasteiger partial charge is 0.257 e. The Morgan fingerprint density at radius 3 is 2.30 bits per heavy atom. The van der Waals surface area contributed by atoms with Gasteiger partial charge in [0.15, 0.2) is 0 Å². The summed E-state index contributed by atoms with van der Waals surface area (Å²) in [7, 11) is 0. The molecular weight excluding hydrogens is 354 g/mol. The van der Waals surface area contributed by atoms with E-state index in [0.29, 0.717) is 5.56 Å². The van der Waals surface area contributed by atoms with Crippen molar-refractivity contribution in [3.05, 3.63) is 52.6 Å². The second-order valence-electron chi connectivity index (χ2n) is 5.77. The maximum atomic E-state index is 12.3. The van der Waals surface area contributed by atoms with Gasteiger partial charge < -0.3 is 10.2 Å². The number of benzene rings is 1. The zero-order chi connectivity index (χ0) is 16.1. The summed E-state index contributed by atoms with van der Waals surface area (Å²) in [5.41, 5.74) is 1.35. The van der Waals surface area contributed by atoms with Gasteiger partial charge in [0.05, 0.1) is 5.56 Å². The zero-order valence-electron chi connectivity index (χ0n) is 13.0. The van der Waals surface area contributed by atoms with E-state index in [1.807, 2.05) is 36.4 Å². The molecule has 0 atom stereocenters. The van der Waals surface area contributed by atoms with Crippen molar-refractivity contribution in [2.45, 2.75) is 25.7 Å². The highest BCUT2D eigenvalue weighted by atomic mass is 79.9. The Kier molecular flexibility index (Phi) is 5.28. The number of aromatic nitrogens is 1. The van der Waals surface area contributed by atoms with Gasteiger partial charge in [-0.2, -0.15) is 0 Å². The summed E-state index contributed by atoms with van der Waals surface area (Å²) >= 11 is 3.38. The first-order chi connectivity index (χ1) is 11.2. The molecule has 0 saturated carbocycles. The van der Waals surface area contributed by atoms with Crippen molar-refractivity contribution in [2.75, 3.05) is 23.3 Å². The molecule has 1 N–H and O–H groups in total. The minimum absolute atomic E-state index is 0.137. The summed E-state index contributed by atoms with van der Waals surface area (Å²) in [6.07, 6.45) is 6.68. The van der Waals surface area contributed by atoms with Gasteiger partial charge in [0.2, 0.25) is 0 Å². The Bertz CT molecular complexity index is 647. The minimum Gasteiger partial charge on any atom is -0.357 e. The van der Waals surface area contributed by atoms with Gasteiger partial charge in [0.1, 0.15) is 5.82 Å². The fourth-order valence-electron chi connectivity index (χ4n) is 2.74. The van der Waals surface area contributed by atoms with E-state index < -0.39 is 0 Å². The van der Waals surface area contributed by atoms with Gasteiger partial charge in [-0.1, -0.05) is 28.8 Å². The van der Waals surface area contributed by atoms with Crippen LogP contribution in [0.3, 0.4) is 0 Å². The maximum absolute atomic E-state index is 12.3. The third-order valence-electron chi connectivity index (χ3n) is 4.04. The van der Waals surface area contributed by atoms with Gasteiger partial charge in [-0.15, -0.1) is 0 Å². The molecule has 5 heteroatoms. The summed E-state index contributed by atoms with van der Waals surface area (Å²) in [6, 6.07) is 11.3. The largest absolute Gasteiger partial charge is 0.357 e. The second-order valence-corrected chi connectivity index (χ2v) is 6.68. The number of carbonyl (C=O) groups is 1. The van der Waals surface area contributed by atoms with Crippen molar-refractivity contribution in [2.24, 2.45) is 0 Å². The summed E-state index contributed by atoms with van der Waals surface area (Å²) in [5, 5.41) is 2.88. The highest BCUT2D eigenvalue weighted by molar-refractivity contribution is 9.10. The summed E-state index contributed by atoms with van der Waals surface area (Å²) in [6.45, 7) is 2.11. The van der Waals surface area contributed by atoms with E-state index in [-0.39, 0.29) is 5.91 Å². The van der Waals surface area contributed by atoms with Crippen molar-refractivity contribution < 1.29 is 4.79 Å². The van der Waals surface area contributed by atoms with Gasteiger partial charge in [-0.25, -0.2) is 4.98 Å². The molecule has 0 bridgehead atoms. The molecule has 3 rings (SSSR count). The normalized spacial score (nSPS) is 15.1. The standard InChI is InChI=1S/C18H20BrN3O/c19-15-6-8-16(9-7-15)21-18(23)14-5-10-17(20-13-14)22-11-3-1-2-4-12-22/h5-10,13H,1-4,11-12H2,(H,21,23). The van der Waals surface area contributed by atoms with Crippen LogP contribution in [0.1, 0.15) is 36.0 Å². The lowest BCUT2D eigenvalue weighted by atomic mass is 10.2. The number of hydrogen-bond acceptors (Lipinski definition) is 3. The molecule has 1 fully saturated rings. The lowest BCUT2D eigenvalue weighted by molar-refractivity contribution is 0.102. The predicted molar refractivity (Wildman–Crippen MR) is 97.0 cm³/mol. The molecule has 1 saturated heterocycles. The molecule has 23 heavy (non-hydrogen) atoms. The monoisotopic (exact) mass is 373 g/mol. The van der Waals surface area contributed by atoms with Crippen LogP contribution in [0.25, 0.3) is 0 Å². The lowest BCUT2D eigenvalue weighted by Crippen LogP contribution is -2.25. The van der Waals surface area contributed by atoms with Crippen LogP contribution in [0.5, 0.6) is 0 Å². The Hall–Kier alpha value is -1.88. The molecule has 2 aromatic rings. The Morgan fingerprint density at radius 1 is 1.00 bits per heavy atom. The Balaban J connectivity index is 1.66. The number of carbonyl (C=O) groups excluding carboxylic acids is 1. The highest BCUT2D eigenvalue weighted by Crippen LogP contribution is 2.18. The van der Waals surface area contributed by atoms with Gasteiger partial charge >= 0.3 is 0 Å². The van der Waals surface area contributed by atoms with E-state index in [1.54, 1.807) is 6.20 Å². The number of pyridine rings is 1. The Morgan fingerprint density at radius 2 is 1.70 bits per heavy atom. The van der Waals surface area contributed by atoms with Gasteiger partial charge in [-0.3, -0.25) is 4.79 Å². The van der Waals surface area contributed by atoms with Crippen LogP contribution in [0, 0.1) is 0 Å². The number of anilines is 2. The van der Waals surface area contributed by atoms with Crippen LogP contribution in [-0.2, 0) is 0 Å². The van der Waals surface area contributed by atoms with E-state index in [1.165, 1.54) is 25.7 Å². The second kappa shape index (κ2) is 7.59. The predicted octanol–water partition coefficient (Wildman–Crippen LogP) is 4.48. The molecule has 0 radical (unpaired) electrons. The van der Waals surface area contributed by atoms with Gasteiger partial charge in [0, 0.05) is 29.4 Å². The van der Waals surface area contributed by atoms with Gasteiger partial charge in [-0.05, 0) is 49.2 Å². The average Bonchev–Trinajstić information content (AvgIpc) is 2.86. The fourth-order valence-corrected chi connectivity index (χ4v) is 3.01. The number of rotatable bonds is 3. The first kappa shape index (κ1) is 16.0. The van der Waals surface area contributed by atoms with Crippen molar-refractivity contribution in [3.8, 4) is 0 Å². The summed E-state index contributed by atoms with van der Waals surface area (Å²) in [5.74, 6) is 0.828. The van der Waals surface area contributed by atoms with Gasteiger partial charge in [0.25, 0.3) is 5.91 Å². The third-order valence-corrected chi connectivity index (χ3v) is 4.57. The zero-order valence-corrected chi connectivity index (χ0v) is 14.6. The number of nitrogens with zero attached hydrogens (tertiary/aromatic N) is 2. The molecule has 1 aliphatic rings. The molecule has 1 aromatic carbocycles. The Labute approximate surface area is 145 Å². The van der Waals surface area contributed by atoms with Crippen LogP contribution in [0.4, 0.5) is 11.5 Å². The van der Waals surface area contributed by atoms with E-state index in [4.69, 9.17) is 0 Å². The number of halogens is 1. The molecule has 2 heterocycles. The number of hydrogen-bond donors (Lipinski definition) is 1. The molecule has 1 aliphatic heterocycles. The van der Waals surface area contributed by atoms with Crippen LogP contribution in [0.15, 0.2) is 47.1 Å². The topological polar surface area (TPSA) is 45.2 Å². The first-order valence-electron chi connectivity index (χ1n) is 8.00. The quantitative estimate of drug-likeness (QED) is 0.862. The summed E-state index contributed by atoms with van der Waals surface area (Å²) < 4.78 is 0.985. The number of amides is 1. The first-order valence-corrected chi connectivity index (χ1v) is 8.79. The van der Waals surface area contributed by atoms with Crippen molar-refractivity contribution >= 4 is 33.3 Å². The molecule has 1 aromatic heterocycles. The maximum Gasteiger partial charge on any atom is 0.257 e. The van der Waals surface area contributed by atoms with E-state index in [9.17, 15) is 4.79 Å². The van der Waals surface area contributed by atoms with Crippen molar-refractivity contribution in [1.29, 1.82) is 0 Å². The minimum atomic E-state index is -0.137. The van der Waals surface area contributed by atoms with Crippen molar-refractivity contribution in [3.63, 3.8) is 0 Å². The molecule has 1 amide bonds. The average molecular weight is 374 g/mol. The van der Waals surface area contributed by atoms with Crippen LogP contribution < -0.4 is 10.2 Å². The van der Waals surface area contributed by atoms with Crippen LogP contribution in [-0.4, -0.2) is 24.0 Å². The van der Waals surface area contributed by atoms with Crippen LogP contribution in [0.2, 0.25) is 0 Å². The molecular formula is C18H20BrN3O. The lowest BCUT2D eigenvalue weighted by Gasteiger charge is -2.21. The molecule has 0 aliphatic carbocycles. The third kappa shape index (κ3) is 4.32.